The average Bonchev–Trinajstić information content (AvgIpc) is 3.36. The highest BCUT2D eigenvalue weighted by Gasteiger charge is 2.61. The molecular weight excluding hydrogens is 673 g/mol. The average molecular weight is 714 g/mol. The topological polar surface area (TPSA) is 104 Å². The first-order chi connectivity index (χ1) is 23.2. The first-order valence-corrected chi connectivity index (χ1v) is 16.9. The Morgan fingerprint density at radius 1 is 1.10 bits per heavy atom. The Kier molecular flexibility index (Phi) is 10.9. The van der Waals surface area contributed by atoms with Crippen LogP contribution in [0.25, 0.3) is 0 Å². The number of methoxy groups -OCH3 is 1. The number of esters is 1. The van der Waals surface area contributed by atoms with Crippen molar-refractivity contribution in [2.24, 2.45) is 5.41 Å². The molecule has 2 aliphatic heterocycles. The van der Waals surface area contributed by atoms with Crippen molar-refractivity contribution in [3.63, 3.8) is 0 Å². The molecule has 2 saturated heterocycles. The van der Waals surface area contributed by atoms with Crippen molar-refractivity contribution in [1.29, 1.82) is 5.26 Å². The molecule has 2 aliphatic rings. The molecule has 4 atom stereocenters. The summed E-state index contributed by atoms with van der Waals surface area (Å²) in [4.78, 5) is 29.5. The molecule has 0 unspecified atom stereocenters. The monoisotopic (exact) mass is 712 g/mol. The van der Waals surface area contributed by atoms with Crippen molar-refractivity contribution in [2.45, 2.75) is 69.6 Å². The number of nitrogens with zero attached hydrogens (tertiary/aromatic N) is 2. The fourth-order valence-electron chi connectivity index (χ4n) is 7.01. The molecule has 0 spiro atoms. The summed E-state index contributed by atoms with van der Waals surface area (Å²) in [6.45, 7) is 7.54. The van der Waals surface area contributed by atoms with Gasteiger partial charge in [-0.05, 0) is 73.7 Å². The molecule has 260 valence electrons. The normalized spacial score (nSPS) is 23.1. The van der Waals surface area contributed by atoms with E-state index in [1.54, 1.807) is 0 Å². The van der Waals surface area contributed by atoms with E-state index >= 15 is 8.78 Å². The number of benzene rings is 3. The molecule has 2 fully saturated rings. The molecule has 3 aromatic carbocycles. The van der Waals surface area contributed by atoms with E-state index in [-0.39, 0.29) is 44.3 Å². The molecular formula is C37H40Cl2F2N4O4. The fourth-order valence-corrected chi connectivity index (χ4v) is 7.35. The number of carbonyl (C=O) groups is 2. The Bertz CT molecular complexity index is 1770. The lowest BCUT2D eigenvalue weighted by Gasteiger charge is -2.37. The van der Waals surface area contributed by atoms with Crippen molar-refractivity contribution in [3.05, 3.63) is 93.0 Å². The van der Waals surface area contributed by atoms with E-state index in [9.17, 15) is 14.9 Å². The predicted octanol–water partition coefficient (Wildman–Crippen LogP) is 7.49. The molecule has 1 amide bonds. The van der Waals surface area contributed by atoms with Crippen molar-refractivity contribution in [1.82, 2.24) is 10.2 Å². The number of anilines is 1. The first-order valence-electron chi connectivity index (χ1n) is 16.1. The summed E-state index contributed by atoms with van der Waals surface area (Å²) in [6.07, 6.45) is 1.59. The van der Waals surface area contributed by atoms with Gasteiger partial charge >= 0.3 is 5.97 Å². The van der Waals surface area contributed by atoms with Crippen molar-refractivity contribution >= 4 is 40.8 Å². The smallest absolute Gasteiger partial charge is 0.338 e. The minimum Gasteiger partial charge on any atom is -0.495 e. The standard InChI is InChI=1S/C37H40Cl2F2N4O4/c1-36(2,3)19-30-37(20-42,25-11-10-22(38)18-27(25)40)31(24-7-6-8-26(39)32(24)41)33(44-30)34(46)43-28-12-9-21(17-29(28)48-5)35(47)49-23-13-15-45(4)16-14-23/h6-12,17-18,23,30-31,33,44H,13-16,19H2,1-5H3,(H,43,46)/t30-,31-,33+,37-/m0/s1. The van der Waals surface area contributed by atoms with Crippen molar-refractivity contribution in [3.8, 4) is 11.8 Å². The van der Waals surface area contributed by atoms with Gasteiger partial charge in [-0.3, -0.25) is 4.79 Å². The van der Waals surface area contributed by atoms with Gasteiger partial charge in [-0.1, -0.05) is 62.2 Å². The third-order valence-corrected chi connectivity index (χ3v) is 9.89. The number of likely N-dealkylation sites (tertiary alicyclic amines) is 1. The molecule has 0 saturated carbocycles. The molecule has 8 nitrogen and oxygen atoms in total. The minimum atomic E-state index is -1.78. The summed E-state index contributed by atoms with van der Waals surface area (Å²) in [5.74, 6) is -3.76. The number of hydrogen-bond donors (Lipinski definition) is 2. The van der Waals surface area contributed by atoms with Gasteiger partial charge in [0.25, 0.3) is 0 Å². The number of carbonyl (C=O) groups excluding carboxylic acids is 2. The maximum absolute atomic E-state index is 16.0. The number of halogens is 4. The quantitative estimate of drug-likeness (QED) is 0.233. The molecule has 49 heavy (non-hydrogen) atoms. The lowest BCUT2D eigenvalue weighted by atomic mass is 9.62. The molecule has 0 bridgehead atoms. The van der Waals surface area contributed by atoms with Crippen LogP contribution in [0.1, 0.15) is 67.4 Å². The third kappa shape index (κ3) is 7.56. The van der Waals surface area contributed by atoms with Gasteiger partial charge in [0, 0.05) is 35.6 Å². The Hall–Kier alpha value is -3.75. The van der Waals surface area contributed by atoms with Crippen LogP contribution < -0.4 is 15.4 Å². The molecule has 2 N–H and O–H groups in total. The number of nitrogens with one attached hydrogen (secondary N) is 2. The first kappa shape index (κ1) is 36.5. The number of rotatable bonds is 8. The van der Waals surface area contributed by atoms with E-state index < -0.39 is 52.3 Å². The summed E-state index contributed by atoms with van der Waals surface area (Å²) < 4.78 is 43.2. The van der Waals surface area contributed by atoms with Crippen LogP contribution in [-0.4, -0.2) is 62.2 Å². The van der Waals surface area contributed by atoms with Crippen LogP contribution in [0.4, 0.5) is 14.5 Å². The van der Waals surface area contributed by atoms with Gasteiger partial charge in [-0.15, -0.1) is 0 Å². The van der Waals surface area contributed by atoms with Crippen LogP contribution in [0, 0.1) is 28.4 Å². The molecule has 0 aromatic heterocycles. The van der Waals surface area contributed by atoms with Gasteiger partial charge in [-0.25, -0.2) is 13.6 Å². The van der Waals surface area contributed by atoms with Gasteiger partial charge in [-0.2, -0.15) is 5.26 Å². The van der Waals surface area contributed by atoms with Crippen LogP contribution >= 0.6 is 23.2 Å². The van der Waals surface area contributed by atoms with Gasteiger partial charge in [0.2, 0.25) is 5.91 Å². The zero-order valence-corrected chi connectivity index (χ0v) is 29.6. The zero-order chi connectivity index (χ0) is 35.7. The molecule has 3 aromatic rings. The number of hydrogen-bond acceptors (Lipinski definition) is 7. The molecule has 5 rings (SSSR count). The van der Waals surface area contributed by atoms with Gasteiger partial charge in [0.15, 0.2) is 0 Å². The Balaban J connectivity index is 1.55. The zero-order valence-electron chi connectivity index (χ0n) is 28.1. The molecule has 12 heteroatoms. The Morgan fingerprint density at radius 3 is 2.45 bits per heavy atom. The highest BCUT2D eigenvalue weighted by molar-refractivity contribution is 6.31. The molecule has 0 aliphatic carbocycles. The maximum atomic E-state index is 16.0. The van der Waals surface area contributed by atoms with Crippen molar-refractivity contribution < 1.29 is 27.8 Å². The second-order valence-electron chi connectivity index (χ2n) is 14.0. The van der Waals surface area contributed by atoms with Crippen LogP contribution in [0.3, 0.4) is 0 Å². The van der Waals surface area contributed by atoms with Crippen LogP contribution in [0.15, 0.2) is 54.6 Å². The van der Waals surface area contributed by atoms with Gasteiger partial charge in [0.1, 0.15) is 28.9 Å². The highest BCUT2D eigenvalue weighted by Crippen LogP contribution is 2.53. The van der Waals surface area contributed by atoms with E-state index in [0.29, 0.717) is 6.42 Å². The second-order valence-corrected chi connectivity index (χ2v) is 14.8. The number of nitriles is 1. The van der Waals surface area contributed by atoms with E-state index in [4.69, 9.17) is 32.7 Å². The Labute approximate surface area is 295 Å². The van der Waals surface area contributed by atoms with Crippen LogP contribution in [-0.2, 0) is 14.9 Å². The van der Waals surface area contributed by atoms with E-state index in [2.05, 4.69) is 21.6 Å². The molecule has 2 heterocycles. The third-order valence-electron chi connectivity index (χ3n) is 9.37. The van der Waals surface area contributed by atoms with E-state index in [1.807, 2.05) is 27.8 Å². The van der Waals surface area contributed by atoms with Gasteiger partial charge < -0.3 is 25.0 Å². The lowest BCUT2D eigenvalue weighted by molar-refractivity contribution is -0.118. The van der Waals surface area contributed by atoms with Crippen LogP contribution in [0.2, 0.25) is 10.0 Å². The van der Waals surface area contributed by atoms with E-state index in [1.165, 1.54) is 55.6 Å². The predicted molar refractivity (Wildman–Crippen MR) is 185 cm³/mol. The number of piperidine rings is 1. The summed E-state index contributed by atoms with van der Waals surface area (Å²) in [7, 11) is 3.42. The fraction of sp³-hybridized carbons (Fsp3) is 0.432. The number of amides is 1. The highest BCUT2D eigenvalue weighted by atomic mass is 35.5. The second kappa shape index (κ2) is 14.6. The largest absolute Gasteiger partial charge is 0.495 e. The van der Waals surface area contributed by atoms with Crippen molar-refractivity contribution in [2.75, 3.05) is 32.6 Å². The summed E-state index contributed by atoms with van der Waals surface area (Å²) in [5, 5.41) is 17.1. The SMILES string of the molecule is COc1cc(C(=O)OC2CCN(C)CC2)ccc1NC(=O)[C@@H]1N[C@@H](CC(C)(C)C)[C@](C#N)(c2ccc(Cl)cc2F)[C@H]1c1cccc(Cl)c1F. The minimum absolute atomic E-state index is 0.0218. The summed E-state index contributed by atoms with van der Waals surface area (Å²) in [5.41, 5.74) is -1.74. The van der Waals surface area contributed by atoms with E-state index in [0.717, 1.165) is 32.0 Å². The van der Waals surface area contributed by atoms with Gasteiger partial charge in [0.05, 0.1) is 35.5 Å². The molecule has 0 radical (unpaired) electrons. The van der Waals surface area contributed by atoms with Crippen LogP contribution in [0.5, 0.6) is 5.75 Å². The lowest BCUT2D eigenvalue weighted by Crippen LogP contribution is -2.45. The maximum Gasteiger partial charge on any atom is 0.338 e. The Morgan fingerprint density at radius 2 is 1.82 bits per heavy atom. The summed E-state index contributed by atoms with van der Waals surface area (Å²) in [6, 6.07) is 13.1. The summed E-state index contributed by atoms with van der Waals surface area (Å²) >= 11 is 12.4. The number of ether oxygens (including phenoxy) is 2.